The first-order valence-electron chi connectivity index (χ1n) is 7.22. The molecule has 2 amide bonds. The van der Waals surface area contributed by atoms with Gasteiger partial charge >= 0.3 is 0 Å². The van der Waals surface area contributed by atoms with Crippen molar-refractivity contribution in [2.45, 2.75) is 25.9 Å². The number of aliphatic hydroxyl groups excluding tert-OH is 1. The van der Waals surface area contributed by atoms with Crippen molar-refractivity contribution < 1.29 is 14.7 Å². The highest BCUT2D eigenvalue weighted by Gasteiger charge is 2.30. The summed E-state index contributed by atoms with van der Waals surface area (Å²) in [5.74, 6) is -0.352. The monoisotopic (exact) mass is 286 g/mol. The van der Waals surface area contributed by atoms with Crippen LogP contribution in [0.3, 0.4) is 0 Å². The summed E-state index contributed by atoms with van der Waals surface area (Å²) in [7, 11) is 0. The van der Waals surface area contributed by atoms with Gasteiger partial charge in [-0.1, -0.05) is 25.1 Å². The van der Waals surface area contributed by atoms with E-state index >= 15 is 0 Å². The Bertz CT molecular complexity index is 636. The molecule has 0 fully saturated rings. The van der Waals surface area contributed by atoms with Crippen molar-refractivity contribution in [3.05, 3.63) is 41.0 Å². The number of carbonyl (C=O) groups is 2. The molecule has 0 aromatic heterocycles. The number of benzene rings is 1. The fourth-order valence-electron chi connectivity index (χ4n) is 2.99. The van der Waals surface area contributed by atoms with E-state index in [-0.39, 0.29) is 18.4 Å². The molecular formula is C16H18N2O3. The maximum absolute atomic E-state index is 12.1. The molecule has 1 aromatic rings. The summed E-state index contributed by atoms with van der Waals surface area (Å²) in [5.41, 5.74) is 3.45. The number of hydrogen-bond donors (Lipinski definition) is 2. The second-order valence-corrected chi connectivity index (χ2v) is 5.34. The number of hydrogen-bond acceptors (Lipinski definition) is 3. The molecule has 1 atom stereocenters. The van der Waals surface area contributed by atoms with E-state index in [0.29, 0.717) is 25.1 Å². The van der Waals surface area contributed by atoms with Crippen LogP contribution >= 0.6 is 0 Å². The summed E-state index contributed by atoms with van der Waals surface area (Å²) < 4.78 is 0. The Hall–Kier alpha value is -2.14. The summed E-state index contributed by atoms with van der Waals surface area (Å²) in [6.45, 7) is 2.51. The van der Waals surface area contributed by atoms with E-state index in [4.69, 9.17) is 0 Å². The number of rotatable bonds is 2. The Morgan fingerprint density at radius 3 is 2.95 bits per heavy atom. The molecule has 0 radical (unpaired) electrons. The van der Waals surface area contributed by atoms with Crippen molar-refractivity contribution in [1.29, 1.82) is 0 Å². The lowest BCUT2D eigenvalue weighted by Gasteiger charge is -2.32. The van der Waals surface area contributed by atoms with E-state index in [9.17, 15) is 14.7 Å². The quantitative estimate of drug-likeness (QED) is 0.851. The molecule has 5 heteroatoms. The van der Waals surface area contributed by atoms with Crippen molar-refractivity contribution >= 4 is 17.5 Å². The number of amides is 2. The molecule has 2 aliphatic rings. The predicted octanol–water partition coefficient (Wildman–Crippen LogP) is 0.985. The van der Waals surface area contributed by atoms with Crippen LogP contribution in [0.1, 0.15) is 36.1 Å². The number of fused-ring (bicyclic) bond motifs is 3. The van der Waals surface area contributed by atoms with Crippen LogP contribution in [0.15, 0.2) is 24.3 Å². The lowest BCUT2D eigenvalue weighted by atomic mass is 9.89. The highest BCUT2D eigenvalue weighted by Crippen LogP contribution is 2.34. The molecule has 0 bridgehead atoms. The summed E-state index contributed by atoms with van der Waals surface area (Å²) >= 11 is 0. The highest BCUT2D eigenvalue weighted by molar-refractivity contribution is 6.03. The third-order valence-corrected chi connectivity index (χ3v) is 4.09. The molecular weight excluding hydrogens is 268 g/mol. The van der Waals surface area contributed by atoms with E-state index in [0.717, 1.165) is 16.7 Å². The van der Waals surface area contributed by atoms with E-state index in [1.165, 1.54) is 6.08 Å². The first-order chi connectivity index (χ1) is 10.1. The SMILES string of the molecule is CCC(O)c1cccc2c1CCN1C(=O)CNC(=O)C=C21. The minimum atomic E-state index is -0.512. The zero-order valence-electron chi connectivity index (χ0n) is 11.9. The van der Waals surface area contributed by atoms with E-state index < -0.39 is 6.10 Å². The van der Waals surface area contributed by atoms with Gasteiger partial charge in [-0.2, -0.15) is 0 Å². The van der Waals surface area contributed by atoms with Crippen LogP contribution in [0, 0.1) is 0 Å². The minimum Gasteiger partial charge on any atom is -0.388 e. The summed E-state index contributed by atoms with van der Waals surface area (Å²) in [6.07, 6.45) is 2.30. The molecule has 0 saturated heterocycles. The molecule has 1 aromatic carbocycles. The van der Waals surface area contributed by atoms with Gasteiger partial charge in [-0.25, -0.2) is 0 Å². The maximum atomic E-state index is 12.1. The van der Waals surface area contributed by atoms with Crippen LogP contribution in [0.5, 0.6) is 0 Å². The molecule has 3 rings (SSSR count). The third-order valence-electron chi connectivity index (χ3n) is 4.09. The number of nitrogens with one attached hydrogen (secondary N) is 1. The zero-order chi connectivity index (χ0) is 15.0. The Labute approximate surface area is 123 Å². The summed E-state index contributed by atoms with van der Waals surface area (Å²) in [4.78, 5) is 25.5. The normalized spacial score (nSPS) is 19.1. The van der Waals surface area contributed by atoms with Gasteiger partial charge < -0.3 is 15.3 Å². The second-order valence-electron chi connectivity index (χ2n) is 5.34. The number of aliphatic hydroxyl groups is 1. The maximum Gasteiger partial charge on any atom is 0.246 e. The molecule has 0 aliphatic carbocycles. The molecule has 21 heavy (non-hydrogen) atoms. The summed E-state index contributed by atoms with van der Waals surface area (Å²) in [5, 5.41) is 12.7. The van der Waals surface area contributed by atoms with Gasteiger partial charge in [-0.3, -0.25) is 9.59 Å². The largest absolute Gasteiger partial charge is 0.388 e. The molecule has 110 valence electrons. The van der Waals surface area contributed by atoms with E-state index in [1.54, 1.807) is 4.90 Å². The number of carbonyl (C=O) groups excluding carboxylic acids is 2. The Balaban J connectivity index is 2.13. The topological polar surface area (TPSA) is 69.6 Å². The van der Waals surface area contributed by atoms with E-state index in [2.05, 4.69) is 5.32 Å². The van der Waals surface area contributed by atoms with Crippen molar-refractivity contribution in [3.63, 3.8) is 0 Å². The van der Waals surface area contributed by atoms with Crippen molar-refractivity contribution in [3.8, 4) is 0 Å². The van der Waals surface area contributed by atoms with Crippen molar-refractivity contribution in [2.24, 2.45) is 0 Å². The Morgan fingerprint density at radius 1 is 1.38 bits per heavy atom. The predicted molar refractivity (Wildman–Crippen MR) is 78.1 cm³/mol. The summed E-state index contributed by atoms with van der Waals surface area (Å²) in [6, 6.07) is 5.69. The van der Waals surface area contributed by atoms with Gasteiger partial charge in [0.2, 0.25) is 11.8 Å². The van der Waals surface area contributed by atoms with E-state index in [1.807, 2.05) is 25.1 Å². The van der Waals surface area contributed by atoms with Gasteiger partial charge in [0.1, 0.15) is 0 Å². The van der Waals surface area contributed by atoms with Gasteiger partial charge in [0.25, 0.3) is 0 Å². The fraction of sp³-hybridized carbons (Fsp3) is 0.375. The molecule has 2 heterocycles. The van der Waals surface area contributed by atoms with Crippen LogP contribution in [0.4, 0.5) is 0 Å². The molecule has 0 spiro atoms. The van der Waals surface area contributed by atoms with Crippen LogP contribution in [-0.4, -0.2) is 34.9 Å². The standard InChI is InChI=1S/C16H18N2O3/c1-2-14(19)12-5-3-4-11-10(12)6-7-18-13(11)8-15(20)17-9-16(18)21/h3-5,8,14,19H,2,6-7,9H2,1H3,(H,17,20). The molecule has 0 saturated carbocycles. The molecule has 1 unspecified atom stereocenters. The Morgan fingerprint density at radius 2 is 2.19 bits per heavy atom. The smallest absolute Gasteiger partial charge is 0.246 e. The first kappa shape index (κ1) is 13.8. The van der Waals surface area contributed by atoms with Crippen LogP contribution in [-0.2, 0) is 16.0 Å². The lowest BCUT2D eigenvalue weighted by molar-refractivity contribution is -0.128. The van der Waals surface area contributed by atoms with Crippen LogP contribution in [0.25, 0.3) is 5.70 Å². The van der Waals surface area contributed by atoms with Gasteiger partial charge in [0, 0.05) is 18.2 Å². The van der Waals surface area contributed by atoms with Crippen molar-refractivity contribution in [1.82, 2.24) is 10.2 Å². The molecule has 2 N–H and O–H groups in total. The molecule has 5 nitrogen and oxygen atoms in total. The van der Waals surface area contributed by atoms with Gasteiger partial charge in [-0.15, -0.1) is 0 Å². The lowest BCUT2D eigenvalue weighted by Crippen LogP contribution is -2.38. The van der Waals surface area contributed by atoms with Crippen LogP contribution in [0.2, 0.25) is 0 Å². The van der Waals surface area contributed by atoms with Gasteiger partial charge in [0.05, 0.1) is 18.3 Å². The average molecular weight is 286 g/mol. The second kappa shape index (κ2) is 5.33. The van der Waals surface area contributed by atoms with Gasteiger partial charge in [0.15, 0.2) is 0 Å². The molecule has 2 aliphatic heterocycles. The van der Waals surface area contributed by atoms with Crippen molar-refractivity contribution in [2.75, 3.05) is 13.1 Å². The average Bonchev–Trinajstić information content (AvgIpc) is 2.65. The number of nitrogens with zero attached hydrogens (tertiary/aromatic N) is 1. The third kappa shape index (κ3) is 2.34. The van der Waals surface area contributed by atoms with Gasteiger partial charge in [-0.05, 0) is 24.0 Å². The Kier molecular flexibility index (Phi) is 3.51. The highest BCUT2D eigenvalue weighted by atomic mass is 16.3. The zero-order valence-corrected chi connectivity index (χ0v) is 11.9. The minimum absolute atomic E-state index is 0.0332. The van der Waals surface area contributed by atoms with Crippen LogP contribution < -0.4 is 5.32 Å². The first-order valence-corrected chi connectivity index (χ1v) is 7.22. The fourth-order valence-corrected chi connectivity index (χ4v) is 2.99.